The fraction of sp³-hybridized carbons (Fsp3) is 0.500. The van der Waals surface area contributed by atoms with E-state index in [4.69, 9.17) is 0 Å². The number of hydrogen-bond acceptors (Lipinski definition) is 2. The first-order valence-corrected chi connectivity index (χ1v) is 5.58. The van der Waals surface area contributed by atoms with E-state index in [0.717, 1.165) is 18.5 Å². The van der Waals surface area contributed by atoms with Gasteiger partial charge in [0, 0.05) is 19.1 Å². The van der Waals surface area contributed by atoms with Crippen molar-refractivity contribution in [2.24, 2.45) is 0 Å². The number of benzene rings is 1. The third-order valence-electron chi connectivity index (χ3n) is 2.89. The molecule has 1 aliphatic rings. The van der Waals surface area contributed by atoms with Gasteiger partial charge in [0.1, 0.15) is 12.0 Å². The highest BCUT2D eigenvalue weighted by Crippen LogP contribution is 2.09. The van der Waals surface area contributed by atoms with Gasteiger partial charge < -0.3 is 10.6 Å². The molecule has 2 atom stereocenters. The highest BCUT2D eigenvalue weighted by Gasteiger charge is 2.23. The van der Waals surface area contributed by atoms with Crippen molar-refractivity contribution in [3.05, 3.63) is 35.6 Å². The predicted octanol–water partition coefficient (Wildman–Crippen LogP) is 1.62. The Labute approximate surface area is 94.0 Å². The largest absolute Gasteiger partial charge is 0.314 e. The van der Waals surface area contributed by atoms with E-state index in [1.165, 1.54) is 12.1 Å². The lowest BCUT2D eigenvalue weighted by molar-refractivity contribution is 0.202. The third-order valence-corrected chi connectivity index (χ3v) is 2.89. The molecule has 2 rings (SSSR count). The molecule has 1 heterocycles. The van der Waals surface area contributed by atoms with Crippen molar-refractivity contribution in [2.75, 3.05) is 13.1 Å². The second kappa shape index (κ2) is 5.37. The van der Waals surface area contributed by atoms with Crippen LogP contribution in [0.15, 0.2) is 24.3 Å². The Kier molecular flexibility index (Phi) is 3.85. The van der Waals surface area contributed by atoms with E-state index in [1.807, 2.05) is 0 Å². The van der Waals surface area contributed by atoms with Gasteiger partial charge in [-0.05, 0) is 30.7 Å². The SMILES string of the molecule is Fc1ccc(CNC2CCNCC2F)cc1. The van der Waals surface area contributed by atoms with Crippen LogP contribution in [0.5, 0.6) is 0 Å². The Hall–Kier alpha value is -1.00. The summed E-state index contributed by atoms with van der Waals surface area (Å²) in [7, 11) is 0. The fourth-order valence-electron chi connectivity index (χ4n) is 1.90. The maximum Gasteiger partial charge on any atom is 0.128 e. The average molecular weight is 226 g/mol. The van der Waals surface area contributed by atoms with E-state index in [-0.39, 0.29) is 11.9 Å². The molecule has 0 saturated carbocycles. The lowest BCUT2D eigenvalue weighted by atomic mass is 10.0. The summed E-state index contributed by atoms with van der Waals surface area (Å²) in [5.74, 6) is -0.242. The lowest BCUT2D eigenvalue weighted by Crippen LogP contribution is -2.48. The van der Waals surface area contributed by atoms with Crippen molar-refractivity contribution in [3.63, 3.8) is 0 Å². The third kappa shape index (κ3) is 3.00. The van der Waals surface area contributed by atoms with Crippen LogP contribution in [0, 0.1) is 5.82 Å². The Morgan fingerprint density at radius 2 is 2.06 bits per heavy atom. The van der Waals surface area contributed by atoms with E-state index < -0.39 is 6.17 Å². The minimum atomic E-state index is -0.839. The molecular weight excluding hydrogens is 210 g/mol. The quantitative estimate of drug-likeness (QED) is 0.818. The highest BCUT2D eigenvalue weighted by molar-refractivity contribution is 5.15. The first-order valence-electron chi connectivity index (χ1n) is 5.58. The maximum absolute atomic E-state index is 13.4. The van der Waals surface area contributed by atoms with Gasteiger partial charge in [0.05, 0.1) is 0 Å². The molecule has 0 radical (unpaired) electrons. The normalized spacial score (nSPS) is 25.6. The van der Waals surface area contributed by atoms with Crippen molar-refractivity contribution < 1.29 is 8.78 Å². The van der Waals surface area contributed by atoms with Gasteiger partial charge in [0.15, 0.2) is 0 Å². The number of hydrogen-bond donors (Lipinski definition) is 2. The first kappa shape index (κ1) is 11.5. The summed E-state index contributed by atoms with van der Waals surface area (Å²) in [6, 6.07) is 6.19. The van der Waals surface area contributed by atoms with Gasteiger partial charge in [0.25, 0.3) is 0 Å². The molecule has 1 aliphatic heterocycles. The van der Waals surface area contributed by atoms with E-state index in [1.54, 1.807) is 12.1 Å². The summed E-state index contributed by atoms with van der Waals surface area (Å²) in [4.78, 5) is 0. The molecule has 16 heavy (non-hydrogen) atoms. The van der Waals surface area contributed by atoms with Crippen LogP contribution in [0.4, 0.5) is 8.78 Å². The van der Waals surface area contributed by atoms with Crippen molar-refractivity contribution in [2.45, 2.75) is 25.2 Å². The van der Waals surface area contributed by atoms with E-state index in [9.17, 15) is 8.78 Å². The smallest absolute Gasteiger partial charge is 0.128 e. The molecule has 1 fully saturated rings. The van der Waals surface area contributed by atoms with Crippen LogP contribution in [-0.2, 0) is 6.54 Å². The van der Waals surface area contributed by atoms with Crippen LogP contribution < -0.4 is 10.6 Å². The molecule has 4 heteroatoms. The molecule has 1 aromatic carbocycles. The first-order chi connectivity index (χ1) is 7.75. The van der Waals surface area contributed by atoms with E-state index in [2.05, 4.69) is 10.6 Å². The topological polar surface area (TPSA) is 24.1 Å². The molecule has 0 spiro atoms. The molecule has 0 aromatic heterocycles. The van der Waals surface area contributed by atoms with Crippen molar-refractivity contribution >= 4 is 0 Å². The van der Waals surface area contributed by atoms with E-state index >= 15 is 0 Å². The van der Waals surface area contributed by atoms with Crippen LogP contribution in [0.25, 0.3) is 0 Å². The van der Waals surface area contributed by atoms with Crippen molar-refractivity contribution in [1.82, 2.24) is 10.6 Å². The Morgan fingerprint density at radius 1 is 1.31 bits per heavy atom. The monoisotopic (exact) mass is 226 g/mol. The Morgan fingerprint density at radius 3 is 2.75 bits per heavy atom. The van der Waals surface area contributed by atoms with Crippen molar-refractivity contribution in [1.29, 1.82) is 0 Å². The van der Waals surface area contributed by atoms with Crippen molar-refractivity contribution in [3.8, 4) is 0 Å². The van der Waals surface area contributed by atoms with Crippen LogP contribution in [0.1, 0.15) is 12.0 Å². The van der Waals surface area contributed by atoms with E-state index in [0.29, 0.717) is 13.1 Å². The minimum absolute atomic E-state index is 0.0914. The molecule has 1 saturated heterocycles. The number of piperidine rings is 1. The zero-order valence-electron chi connectivity index (χ0n) is 9.05. The van der Waals surface area contributed by atoms with Crippen LogP contribution >= 0.6 is 0 Å². The van der Waals surface area contributed by atoms with Gasteiger partial charge in [-0.2, -0.15) is 0 Å². The van der Waals surface area contributed by atoms with Crippen LogP contribution in [-0.4, -0.2) is 25.3 Å². The average Bonchev–Trinajstić information content (AvgIpc) is 2.30. The van der Waals surface area contributed by atoms with Gasteiger partial charge in [0.2, 0.25) is 0 Å². The lowest BCUT2D eigenvalue weighted by Gasteiger charge is -2.27. The maximum atomic E-state index is 13.4. The second-order valence-electron chi connectivity index (χ2n) is 4.12. The number of alkyl halides is 1. The summed E-state index contributed by atoms with van der Waals surface area (Å²) in [5, 5.41) is 6.18. The zero-order chi connectivity index (χ0) is 11.4. The number of halogens is 2. The molecule has 88 valence electrons. The summed E-state index contributed by atoms with van der Waals surface area (Å²) in [6.45, 7) is 1.86. The minimum Gasteiger partial charge on any atom is -0.314 e. The summed E-state index contributed by atoms with van der Waals surface area (Å²) >= 11 is 0. The van der Waals surface area contributed by atoms with Gasteiger partial charge in [-0.3, -0.25) is 0 Å². The molecule has 2 N–H and O–H groups in total. The molecule has 1 aromatic rings. The summed E-state index contributed by atoms with van der Waals surface area (Å²) < 4.78 is 26.1. The standard InChI is InChI=1S/C12H16F2N2/c13-10-3-1-9(2-4-10)7-16-12-5-6-15-8-11(12)14/h1-4,11-12,15-16H,5-8H2. The molecular formula is C12H16F2N2. The molecule has 0 aliphatic carbocycles. The zero-order valence-corrected chi connectivity index (χ0v) is 9.05. The summed E-state index contributed by atoms with van der Waals surface area (Å²) in [6.07, 6.45) is -0.0447. The van der Waals surface area contributed by atoms with Crippen LogP contribution in [0.3, 0.4) is 0 Å². The Bertz CT molecular complexity index is 326. The van der Waals surface area contributed by atoms with Gasteiger partial charge >= 0.3 is 0 Å². The molecule has 0 bridgehead atoms. The molecule has 2 unspecified atom stereocenters. The second-order valence-corrected chi connectivity index (χ2v) is 4.12. The fourth-order valence-corrected chi connectivity index (χ4v) is 1.90. The Balaban J connectivity index is 1.84. The van der Waals surface area contributed by atoms with Gasteiger partial charge in [-0.25, -0.2) is 8.78 Å². The predicted molar refractivity (Wildman–Crippen MR) is 59.4 cm³/mol. The molecule has 2 nitrogen and oxygen atoms in total. The number of rotatable bonds is 3. The molecule has 0 amide bonds. The highest BCUT2D eigenvalue weighted by atomic mass is 19.1. The van der Waals surface area contributed by atoms with Gasteiger partial charge in [-0.1, -0.05) is 12.1 Å². The number of nitrogens with one attached hydrogen (secondary N) is 2. The van der Waals surface area contributed by atoms with Gasteiger partial charge in [-0.15, -0.1) is 0 Å². The van der Waals surface area contributed by atoms with Crippen LogP contribution in [0.2, 0.25) is 0 Å². The summed E-state index contributed by atoms with van der Waals surface area (Å²) in [5.41, 5.74) is 0.979.